The van der Waals surface area contributed by atoms with E-state index >= 15 is 0 Å². The van der Waals surface area contributed by atoms with Gasteiger partial charge in [0.2, 0.25) is 0 Å². The third-order valence-electron chi connectivity index (χ3n) is 0. The van der Waals surface area contributed by atoms with Gasteiger partial charge in [0.15, 0.2) is 0 Å². The second kappa shape index (κ2) is 4.90. The number of rotatable bonds is 0. The summed E-state index contributed by atoms with van der Waals surface area (Å²) in [5.41, 5.74) is 0. The normalized spacial score (nSPS) is 8.57. The van der Waals surface area contributed by atoms with Crippen molar-refractivity contribution >= 4 is 29.8 Å². The fourth-order valence-corrected chi connectivity index (χ4v) is 0. The van der Waals surface area contributed by atoms with Gasteiger partial charge in [-0.2, -0.15) is 0 Å². The highest BCUT2D eigenvalue weighted by Crippen LogP contribution is 1.90. The molecule has 3 N–H and O–H groups in total. The molecule has 0 amide bonds. The summed E-state index contributed by atoms with van der Waals surface area (Å²) in [6.45, 7) is 0. The van der Waals surface area contributed by atoms with E-state index in [0.717, 1.165) is 0 Å². The number of hydrogen-bond donors (Lipinski definition) is 2. The minimum absolute atomic E-state index is 0. The molecule has 0 rings (SSSR count). The van der Waals surface area contributed by atoms with Crippen molar-refractivity contribution in [2.45, 2.75) is 0 Å². The van der Waals surface area contributed by atoms with Crippen molar-refractivity contribution < 1.29 is 3.89 Å². The number of nitrogens with zero attached hydrogens (tertiary/aromatic N) is 1. The topological polar surface area (TPSA) is 35.0 Å². The molecule has 0 aromatic rings. The lowest BCUT2D eigenvalue weighted by atomic mass is 11.0. The first-order chi connectivity index (χ1) is 2.00. The van der Waals surface area contributed by atoms with E-state index in [4.69, 9.17) is 0 Å². The van der Waals surface area contributed by atoms with Gasteiger partial charge in [-0.3, -0.25) is 3.89 Å². The largest absolute Gasteiger partial charge is 0.344 e. The monoisotopic (exact) mass is 189 g/mol. The molecule has 4 heteroatoms. The zero-order chi connectivity index (χ0) is 4.50. The number of quaternary nitrogens is 1. The Morgan fingerprint density at radius 3 is 1.14 bits per heavy atom. The van der Waals surface area contributed by atoms with Gasteiger partial charge >= 0.3 is 0 Å². The molecule has 7 heavy (non-hydrogen) atoms. The summed E-state index contributed by atoms with van der Waals surface area (Å²) < 4.78 is 0.694. The third-order valence-corrected chi connectivity index (χ3v) is 0. The number of thiol groups is 1. The van der Waals surface area contributed by atoms with Crippen molar-refractivity contribution in [1.82, 2.24) is 6.15 Å². The van der Waals surface area contributed by atoms with Crippen LogP contribution in [0.25, 0.3) is 0 Å². The first-order valence-corrected chi connectivity index (χ1v) is 1.94. The average molecular weight is 190 g/mol. The zero-order valence-corrected chi connectivity index (χ0v) is 7.62. The summed E-state index contributed by atoms with van der Waals surface area (Å²) in [6.07, 6.45) is 0. The van der Waals surface area contributed by atoms with Gasteiger partial charge in [-0.05, 0) is 0 Å². The van der Waals surface area contributed by atoms with E-state index in [2.05, 4.69) is 12.8 Å². The molecule has 0 aliphatic carbocycles. The van der Waals surface area contributed by atoms with E-state index in [1.54, 1.807) is 0 Å². The minimum atomic E-state index is 0. The van der Waals surface area contributed by atoms with Crippen LogP contribution in [0.1, 0.15) is 0 Å². The van der Waals surface area contributed by atoms with Gasteiger partial charge in [-0.1, -0.05) is 0 Å². The average Bonchev–Trinajstić information content (AvgIpc) is 0.722. The first-order valence-electron chi connectivity index (χ1n) is 1.54. The molecule has 0 aliphatic rings. The lowest BCUT2D eigenvalue weighted by molar-refractivity contribution is -0.722. The second-order valence-electron chi connectivity index (χ2n) is 1.94. The van der Waals surface area contributed by atoms with Gasteiger partial charge in [-0.25, -0.2) is 0 Å². The lowest BCUT2D eigenvalue weighted by Gasteiger charge is -2.11. The summed E-state index contributed by atoms with van der Waals surface area (Å²) in [7, 11) is 5.97. The quantitative estimate of drug-likeness (QED) is 0.438. The van der Waals surface area contributed by atoms with Crippen LogP contribution in [0.5, 0.6) is 0 Å². The van der Waals surface area contributed by atoms with Gasteiger partial charge < -0.3 is 6.15 Å². The molecule has 0 bridgehead atoms. The first kappa shape index (κ1) is 15.7. The van der Waals surface area contributed by atoms with E-state index in [0.29, 0.717) is 3.89 Å². The molecule has 0 fully saturated rings. The molecule has 0 atom stereocenters. The van der Waals surface area contributed by atoms with Crippen molar-refractivity contribution in [3.05, 3.63) is 0 Å². The highest BCUT2D eigenvalue weighted by Gasteiger charge is 1.91. The molecule has 0 spiro atoms. The molecule has 48 valence electrons. The fourth-order valence-electron chi connectivity index (χ4n) is 0. The standard InChI is InChI=1S/C3H10NS.BrH.H3N/c1-4(2,3)5;;/h5H,1-3H3;1H;1H3/q+1;;. The molecule has 0 saturated carbocycles. The van der Waals surface area contributed by atoms with E-state index in [9.17, 15) is 0 Å². The van der Waals surface area contributed by atoms with E-state index < -0.39 is 0 Å². The van der Waals surface area contributed by atoms with Crippen molar-refractivity contribution in [1.29, 1.82) is 0 Å². The molecule has 0 saturated heterocycles. The smallest absolute Gasteiger partial charge is 0.0781 e. The Balaban J connectivity index is -0.0000000800. The van der Waals surface area contributed by atoms with E-state index in [1.165, 1.54) is 0 Å². The van der Waals surface area contributed by atoms with Crippen LogP contribution in [0, 0.1) is 0 Å². The summed E-state index contributed by atoms with van der Waals surface area (Å²) in [5.74, 6) is 0. The van der Waals surface area contributed by atoms with Crippen LogP contribution in [0.3, 0.4) is 0 Å². The van der Waals surface area contributed by atoms with Gasteiger partial charge in [0, 0.05) is 0 Å². The van der Waals surface area contributed by atoms with E-state index in [-0.39, 0.29) is 23.1 Å². The Kier molecular flexibility index (Phi) is 11.0. The van der Waals surface area contributed by atoms with Gasteiger partial charge in [-0.15, -0.1) is 17.0 Å². The molecule has 0 aromatic heterocycles. The van der Waals surface area contributed by atoms with Gasteiger partial charge in [0.1, 0.15) is 0 Å². The predicted octanol–water partition coefficient (Wildman–Crippen LogP) is 1.28. The fraction of sp³-hybridized carbons (Fsp3) is 1.00. The van der Waals surface area contributed by atoms with Crippen molar-refractivity contribution in [3.63, 3.8) is 0 Å². The Bertz CT molecular complexity index is 28.4. The highest BCUT2D eigenvalue weighted by atomic mass is 79.9. The van der Waals surface area contributed by atoms with Crippen LogP contribution in [0.2, 0.25) is 0 Å². The lowest BCUT2D eigenvalue weighted by Crippen LogP contribution is -2.20. The van der Waals surface area contributed by atoms with Crippen molar-refractivity contribution in [3.8, 4) is 0 Å². The summed E-state index contributed by atoms with van der Waals surface area (Å²) in [6, 6.07) is 0. The van der Waals surface area contributed by atoms with Crippen LogP contribution in [0.15, 0.2) is 0 Å². The summed E-state index contributed by atoms with van der Waals surface area (Å²) in [5, 5.41) is 0. The molecule has 0 heterocycles. The van der Waals surface area contributed by atoms with Crippen LogP contribution >= 0.6 is 29.8 Å². The van der Waals surface area contributed by atoms with Crippen molar-refractivity contribution in [2.75, 3.05) is 21.1 Å². The van der Waals surface area contributed by atoms with E-state index in [1.807, 2.05) is 21.1 Å². The molecular formula is C3H14BrN2S+. The maximum Gasteiger partial charge on any atom is 0.0781 e. The molecule has 0 aliphatic heterocycles. The highest BCUT2D eigenvalue weighted by molar-refractivity contribution is 8.93. The molecule has 0 unspecified atom stereocenters. The molecular weight excluding hydrogens is 176 g/mol. The Morgan fingerprint density at radius 2 is 1.14 bits per heavy atom. The molecule has 2 nitrogen and oxygen atoms in total. The molecule has 0 radical (unpaired) electrons. The predicted molar refractivity (Wildman–Crippen MR) is 42.4 cm³/mol. The third kappa shape index (κ3) is 271. The van der Waals surface area contributed by atoms with Gasteiger partial charge in [0.05, 0.1) is 34.0 Å². The van der Waals surface area contributed by atoms with Crippen LogP contribution in [-0.4, -0.2) is 25.0 Å². The second-order valence-corrected chi connectivity index (χ2v) is 3.14. The van der Waals surface area contributed by atoms with Crippen LogP contribution in [-0.2, 0) is 0 Å². The zero-order valence-electron chi connectivity index (χ0n) is 5.01. The maximum atomic E-state index is 4.06. The number of halogens is 1. The Labute approximate surface area is 61.4 Å². The van der Waals surface area contributed by atoms with Crippen LogP contribution < -0.4 is 6.15 Å². The minimum Gasteiger partial charge on any atom is -0.344 e. The maximum absolute atomic E-state index is 4.06. The SMILES string of the molecule is Br.C[N+](C)(C)S.N. The number of hydrogen-bond acceptors (Lipinski definition) is 2. The van der Waals surface area contributed by atoms with Crippen LogP contribution in [0.4, 0.5) is 0 Å². The van der Waals surface area contributed by atoms with Crippen molar-refractivity contribution in [2.24, 2.45) is 0 Å². The van der Waals surface area contributed by atoms with Gasteiger partial charge in [0.25, 0.3) is 0 Å². The summed E-state index contributed by atoms with van der Waals surface area (Å²) in [4.78, 5) is 0. The molecule has 0 aromatic carbocycles. The Morgan fingerprint density at radius 1 is 1.14 bits per heavy atom. The Hall–Kier alpha value is 0.750. The summed E-state index contributed by atoms with van der Waals surface area (Å²) >= 11 is 4.06.